The smallest absolute Gasteiger partial charge is 0.145 e. The lowest BCUT2D eigenvalue weighted by Crippen LogP contribution is -2.04. The third-order valence-corrected chi connectivity index (χ3v) is 2.73. The predicted octanol–water partition coefficient (Wildman–Crippen LogP) is 2.84. The normalized spacial score (nSPS) is 10.9. The van der Waals surface area contributed by atoms with Crippen LogP contribution in [-0.2, 0) is 11.3 Å². The molecule has 4 nitrogen and oxygen atoms in total. The molecule has 0 amide bonds. The molecule has 0 saturated carbocycles. The van der Waals surface area contributed by atoms with Crippen molar-refractivity contribution in [1.29, 1.82) is 0 Å². The van der Waals surface area contributed by atoms with E-state index in [2.05, 4.69) is 12.0 Å². The zero-order valence-corrected chi connectivity index (χ0v) is 10.9. The highest BCUT2D eigenvalue weighted by Gasteiger charge is 1.95. The van der Waals surface area contributed by atoms with Gasteiger partial charge in [-0.15, -0.1) is 0 Å². The third kappa shape index (κ3) is 7.00. The lowest BCUT2D eigenvalue weighted by molar-refractivity contribution is 0.124. The molecule has 0 unspecified atom stereocenters. The van der Waals surface area contributed by atoms with Crippen molar-refractivity contribution in [3.8, 4) is 0 Å². The van der Waals surface area contributed by atoms with Gasteiger partial charge in [-0.2, -0.15) is 5.10 Å². The topological polar surface area (TPSA) is 53.1 Å². The molecule has 0 saturated heterocycles. The van der Waals surface area contributed by atoms with Crippen molar-refractivity contribution in [2.75, 3.05) is 18.9 Å². The zero-order valence-electron chi connectivity index (χ0n) is 10.9. The second kappa shape index (κ2) is 9.05. The average molecular weight is 239 g/mol. The van der Waals surface area contributed by atoms with Gasteiger partial charge in [0.25, 0.3) is 0 Å². The fourth-order valence-electron chi connectivity index (χ4n) is 1.74. The van der Waals surface area contributed by atoms with E-state index in [1.807, 2.05) is 16.9 Å². The molecular weight excluding hydrogens is 214 g/mol. The van der Waals surface area contributed by atoms with Crippen molar-refractivity contribution in [3.63, 3.8) is 0 Å². The van der Waals surface area contributed by atoms with Gasteiger partial charge in [0.1, 0.15) is 5.82 Å². The lowest BCUT2D eigenvalue weighted by atomic mass is 10.2. The molecule has 0 aliphatic rings. The zero-order chi connectivity index (χ0) is 12.3. The highest BCUT2D eigenvalue weighted by Crippen LogP contribution is 2.02. The molecule has 0 spiro atoms. The van der Waals surface area contributed by atoms with E-state index in [4.69, 9.17) is 10.5 Å². The number of nitrogen functional groups attached to an aromatic ring is 1. The fraction of sp³-hybridized carbons (Fsp3) is 0.769. The van der Waals surface area contributed by atoms with E-state index in [1.54, 1.807) is 0 Å². The minimum Gasteiger partial charge on any atom is -0.382 e. The number of rotatable bonds is 10. The Labute approximate surface area is 104 Å². The molecule has 1 aromatic heterocycles. The van der Waals surface area contributed by atoms with Gasteiger partial charge in [-0.25, -0.2) is 0 Å². The molecule has 0 aliphatic carbocycles. The Balaban J connectivity index is 1.84. The molecule has 1 rings (SSSR count). The summed E-state index contributed by atoms with van der Waals surface area (Å²) >= 11 is 0. The summed E-state index contributed by atoms with van der Waals surface area (Å²) < 4.78 is 7.43. The van der Waals surface area contributed by atoms with Crippen molar-refractivity contribution in [2.45, 2.75) is 52.0 Å². The van der Waals surface area contributed by atoms with E-state index in [9.17, 15) is 0 Å². The lowest BCUT2D eigenvalue weighted by Gasteiger charge is -2.04. The molecule has 1 aromatic rings. The van der Waals surface area contributed by atoms with Crippen LogP contribution >= 0.6 is 0 Å². The molecular formula is C13H25N3O. The van der Waals surface area contributed by atoms with Crippen molar-refractivity contribution in [2.24, 2.45) is 0 Å². The second-order valence-electron chi connectivity index (χ2n) is 4.38. The largest absolute Gasteiger partial charge is 0.382 e. The number of anilines is 1. The quantitative estimate of drug-likeness (QED) is 0.639. The molecule has 2 N–H and O–H groups in total. The molecule has 0 atom stereocenters. The minimum atomic E-state index is 0.585. The van der Waals surface area contributed by atoms with E-state index in [0.29, 0.717) is 5.82 Å². The van der Waals surface area contributed by atoms with E-state index in [1.165, 1.54) is 32.1 Å². The molecule has 0 aromatic carbocycles. The Bertz CT molecular complexity index is 286. The van der Waals surface area contributed by atoms with Crippen LogP contribution in [0, 0.1) is 0 Å². The van der Waals surface area contributed by atoms with Crippen LogP contribution in [0.15, 0.2) is 12.3 Å². The van der Waals surface area contributed by atoms with Gasteiger partial charge in [0, 0.05) is 26.0 Å². The monoisotopic (exact) mass is 239 g/mol. The molecule has 17 heavy (non-hydrogen) atoms. The number of hydrogen-bond donors (Lipinski definition) is 1. The van der Waals surface area contributed by atoms with Gasteiger partial charge in [0.15, 0.2) is 0 Å². The number of hydrogen-bond acceptors (Lipinski definition) is 3. The summed E-state index contributed by atoms with van der Waals surface area (Å²) in [7, 11) is 0. The van der Waals surface area contributed by atoms with Gasteiger partial charge in [-0.05, 0) is 18.9 Å². The van der Waals surface area contributed by atoms with Crippen molar-refractivity contribution in [3.05, 3.63) is 12.3 Å². The number of aromatic nitrogens is 2. The van der Waals surface area contributed by atoms with Gasteiger partial charge in [0.05, 0.1) is 0 Å². The maximum atomic E-state index is 5.57. The highest BCUT2D eigenvalue weighted by molar-refractivity contribution is 5.23. The first-order valence-electron chi connectivity index (χ1n) is 6.69. The van der Waals surface area contributed by atoms with Crippen LogP contribution in [0.2, 0.25) is 0 Å². The standard InChI is InChI=1S/C13H25N3O/c1-2-3-4-5-6-11-17-12-7-9-16-10-8-13(14)15-16/h8,10H,2-7,9,11-12H2,1H3,(H2,14,15). The van der Waals surface area contributed by atoms with Crippen molar-refractivity contribution < 1.29 is 4.74 Å². The van der Waals surface area contributed by atoms with Crippen LogP contribution in [0.5, 0.6) is 0 Å². The number of nitrogens with two attached hydrogens (primary N) is 1. The Morgan fingerprint density at radius 1 is 1.18 bits per heavy atom. The van der Waals surface area contributed by atoms with Gasteiger partial charge in [0.2, 0.25) is 0 Å². The number of unbranched alkanes of at least 4 members (excludes halogenated alkanes) is 4. The Morgan fingerprint density at radius 2 is 1.94 bits per heavy atom. The average Bonchev–Trinajstić information content (AvgIpc) is 2.73. The molecule has 0 bridgehead atoms. The van der Waals surface area contributed by atoms with Crippen LogP contribution in [-0.4, -0.2) is 23.0 Å². The van der Waals surface area contributed by atoms with Gasteiger partial charge >= 0.3 is 0 Å². The summed E-state index contributed by atoms with van der Waals surface area (Å²) in [5, 5.41) is 4.12. The first-order valence-corrected chi connectivity index (χ1v) is 6.69. The number of ether oxygens (including phenoxy) is 1. The summed E-state index contributed by atoms with van der Waals surface area (Å²) in [4.78, 5) is 0. The summed E-state index contributed by atoms with van der Waals surface area (Å²) in [5.41, 5.74) is 5.53. The van der Waals surface area contributed by atoms with Crippen molar-refractivity contribution >= 4 is 5.82 Å². The van der Waals surface area contributed by atoms with E-state index in [0.717, 1.165) is 26.2 Å². The fourth-order valence-corrected chi connectivity index (χ4v) is 1.74. The highest BCUT2D eigenvalue weighted by atomic mass is 16.5. The van der Waals surface area contributed by atoms with Crippen LogP contribution < -0.4 is 5.73 Å². The Kier molecular flexibility index (Phi) is 7.47. The molecule has 0 fully saturated rings. The summed E-state index contributed by atoms with van der Waals surface area (Å²) in [6, 6.07) is 1.81. The molecule has 4 heteroatoms. The number of nitrogens with zero attached hydrogens (tertiary/aromatic N) is 2. The maximum Gasteiger partial charge on any atom is 0.145 e. The van der Waals surface area contributed by atoms with E-state index >= 15 is 0 Å². The van der Waals surface area contributed by atoms with E-state index in [-0.39, 0.29) is 0 Å². The summed E-state index contributed by atoms with van der Waals surface area (Å²) in [6.07, 6.45) is 9.37. The first-order chi connectivity index (χ1) is 8.33. The maximum absolute atomic E-state index is 5.57. The molecule has 0 aliphatic heterocycles. The van der Waals surface area contributed by atoms with Gasteiger partial charge in [-0.1, -0.05) is 32.6 Å². The predicted molar refractivity (Wildman–Crippen MR) is 70.8 cm³/mol. The van der Waals surface area contributed by atoms with Crippen LogP contribution in [0.1, 0.15) is 45.4 Å². The molecule has 98 valence electrons. The Morgan fingerprint density at radius 3 is 2.65 bits per heavy atom. The molecule has 1 heterocycles. The van der Waals surface area contributed by atoms with Gasteiger partial charge < -0.3 is 10.5 Å². The van der Waals surface area contributed by atoms with Gasteiger partial charge in [-0.3, -0.25) is 4.68 Å². The van der Waals surface area contributed by atoms with Crippen LogP contribution in [0.25, 0.3) is 0 Å². The summed E-state index contributed by atoms with van der Waals surface area (Å²) in [6.45, 7) is 4.82. The summed E-state index contributed by atoms with van der Waals surface area (Å²) in [5.74, 6) is 0.585. The van der Waals surface area contributed by atoms with Crippen LogP contribution in [0.3, 0.4) is 0 Å². The Hall–Kier alpha value is -1.03. The number of aryl methyl sites for hydroxylation is 1. The molecule has 0 radical (unpaired) electrons. The first kappa shape index (κ1) is 14.0. The third-order valence-electron chi connectivity index (χ3n) is 2.73. The van der Waals surface area contributed by atoms with Crippen LogP contribution in [0.4, 0.5) is 5.82 Å². The van der Waals surface area contributed by atoms with E-state index < -0.39 is 0 Å². The second-order valence-corrected chi connectivity index (χ2v) is 4.38. The minimum absolute atomic E-state index is 0.585. The van der Waals surface area contributed by atoms with Crippen molar-refractivity contribution in [1.82, 2.24) is 9.78 Å². The SMILES string of the molecule is CCCCCCCOCCCn1ccc(N)n1.